The van der Waals surface area contributed by atoms with Crippen LogP contribution in [0.1, 0.15) is 16.8 Å². The van der Waals surface area contributed by atoms with Gasteiger partial charge in [-0.15, -0.1) is 0 Å². The van der Waals surface area contributed by atoms with Crippen LogP contribution in [0.2, 0.25) is 5.15 Å². The van der Waals surface area contributed by atoms with E-state index >= 15 is 0 Å². The zero-order valence-corrected chi connectivity index (χ0v) is 15.0. The molecule has 5 nitrogen and oxygen atoms in total. The second kappa shape index (κ2) is 6.06. The minimum absolute atomic E-state index is 0.0771. The van der Waals surface area contributed by atoms with Crippen LogP contribution in [0.25, 0.3) is 0 Å². The Morgan fingerprint density at radius 1 is 1.39 bits per heavy atom. The highest BCUT2D eigenvalue weighted by Gasteiger charge is 2.41. The molecule has 0 N–H and O–H groups in total. The summed E-state index contributed by atoms with van der Waals surface area (Å²) in [5, 5.41) is 3.13. The molecule has 0 radical (unpaired) electrons. The molecule has 0 aliphatic carbocycles. The molecule has 0 spiro atoms. The Morgan fingerprint density at radius 3 is 2.57 bits per heavy atom. The zero-order chi connectivity index (χ0) is 17.6. The van der Waals surface area contributed by atoms with Crippen molar-refractivity contribution in [1.82, 2.24) is 14.8 Å². The molecule has 0 unspecified atom stereocenters. The smallest absolute Gasteiger partial charge is 0.274 e. The van der Waals surface area contributed by atoms with Crippen LogP contribution >= 0.6 is 27.5 Å². The molecule has 11 heteroatoms. The maximum atomic E-state index is 13.0. The first-order valence-electron chi connectivity index (χ1n) is 6.06. The second-order valence-corrected chi connectivity index (χ2v) is 7.94. The predicted octanol–water partition coefficient (Wildman–Crippen LogP) is 3.53. The van der Waals surface area contributed by atoms with E-state index in [1.807, 2.05) is 0 Å². The van der Waals surface area contributed by atoms with Crippen LogP contribution in [-0.2, 0) is 28.8 Å². The first-order chi connectivity index (χ1) is 10.4. The predicted molar refractivity (Wildman–Crippen MR) is 80.8 cm³/mol. The number of halogens is 5. The fourth-order valence-corrected chi connectivity index (χ4v) is 4.24. The lowest BCUT2D eigenvalue weighted by atomic mass is 10.2. The summed E-state index contributed by atoms with van der Waals surface area (Å²) in [6.07, 6.45) is -2.66. The first-order valence-corrected chi connectivity index (χ1v) is 8.89. The van der Waals surface area contributed by atoms with E-state index in [2.05, 4.69) is 26.0 Å². The molecule has 126 valence electrons. The Kier molecular flexibility index (Phi) is 4.80. The molecule has 0 saturated heterocycles. The number of nitrogens with zero attached hydrogens (tertiary/aromatic N) is 3. The van der Waals surface area contributed by atoms with E-state index in [9.17, 15) is 21.6 Å². The van der Waals surface area contributed by atoms with Gasteiger partial charge in [-0.2, -0.15) is 18.3 Å². The monoisotopic (exact) mass is 431 g/mol. The molecule has 0 saturated carbocycles. The minimum atomic E-state index is -4.88. The highest BCUT2D eigenvalue weighted by molar-refractivity contribution is 9.10. The highest BCUT2D eigenvalue weighted by atomic mass is 79.9. The van der Waals surface area contributed by atoms with Gasteiger partial charge in [0.15, 0.2) is 15.5 Å². The Labute approximate surface area is 143 Å². The largest absolute Gasteiger partial charge is 0.436 e. The quantitative estimate of drug-likeness (QED) is 0.696. The van der Waals surface area contributed by atoms with E-state index in [0.717, 1.165) is 10.9 Å². The van der Waals surface area contributed by atoms with Gasteiger partial charge in [-0.1, -0.05) is 11.6 Å². The molecule has 2 aromatic heterocycles. The van der Waals surface area contributed by atoms with Crippen LogP contribution in [0.4, 0.5) is 13.2 Å². The van der Waals surface area contributed by atoms with Gasteiger partial charge in [-0.05, 0) is 28.4 Å². The first kappa shape index (κ1) is 18.2. The van der Waals surface area contributed by atoms with Crippen molar-refractivity contribution in [2.75, 3.05) is 0 Å². The molecule has 23 heavy (non-hydrogen) atoms. The maximum absolute atomic E-state index is 13.0. The van der Waals surface area contributed by atoms with Crippen molar-refractivity contribution in [2.45, 2.75) is 23.7 Å². The lowest BCUT2D eigenvalue weighted by molar-refractivity contribution is -0.143. The van der Waals surface area contributed by atoms with E-state index in [1.54, 1.807) is 6.92 Å². The average molecular weight is 433 g/mol. The average Bonchev–Trinajstić information content (AvgIpc) is 2.82. The van der Waals surface area contributed by atoms with Gasteiger partial charge in [0, 0.05) is 29.5 Å². The molecule has 2 heterocycles. The van der Waals surface area contributed by atoms with Gasteiger partial charge in [0.1, 0.15) is 10.0 Å². The molecule has 0 atom stereocenters. The SMILES string of the molecule is Cc1c(Br)cnc(Cl)c1CS(=O)(=O)c1cn(C)nc1C(F)(F)F. The Hall–Kier alpha value is -1.13. The van der Waals surface area contributed by atoms with Crippen molar-refractivity contribution >= 4 is 37.4 Å². The standard InChI is InChI=1S/C12H10BrClF3N3O2S/c1-6-7(11(14)18-3-8(6)13)5-23(21,22)9-4-20(2)19-10(9)12(15,16)17/h3-4H,5H2,1-2H3. The summed E-state index contributed by atoms with van der Waals surface area (Å²) in [6.45, 7) is 1.59. The van der Waals surface area contributed by atoms with Crippen molar-refractivity contribution in [1.29, 1.82) is 0 Å². The number of hydrogen-bond acceptors (Lipinski definition) is 4. The molecular formula is C12H10BrClF3N3O2S. The van der Waals surface area contributed by atoms with Crippen molar-refractivity contribution in [3.8, 4) is 0 Å². The van der Waals surface area contributed by atoms with Gasteiger partial charge in [0.2, 0.25) is 0 Å². The molecular weight excluding hydrogens is 423 g/mol. The van der Waals surface area contributed by atoms with Gasteiger partial charge >= 0.3 is 6.18 Å². The third kappa shape index (κ3) is 3.69. The molecule has 2 rings (SSSR count). The summed E-state index contributed by atoms with van der Waals surface area (Å²) in [5.74, 6) is -0.709. The number of rotatable bonds is 3. The topological polar surface area (TPSA) is 64.8 Å². The molecule has 0 aliphatic rings. The fraction of sp³-hybridized carbons (Fsp3) is 0.333. The van der Waals surface area contributed by atoms with Crippen LogP contribution in [0.3, 0.4) is 0 Å². The Balaban J connectivity index is 2.56. The summed E-state index contributed by atoms with van der Waals surface area (Å²) in [6, 6.07) is 0. The van der Waals surface area contributed by atoms with E-state index < -0.39 is 32.4 Å². The highest BCUT2D eigenvalue weighted by Crippen LogP contribution is 2.35. The van der Waals surface area contributed by atoms with Crippen LogP contribution in [-0.4, -0.2) is 23.2 Å². The molecule has 0 fully saturated rings. The van der Waals surface area contributed by atoms with E-state index in [0.29, 0.717) is 10.0 Å². The van der Waals surface area contributed by atoms with Crippen molar-refractivity contribution in [2.24, 2.45) is 7.05 Å². The number of pyridine rings is 1. The lowest BCUT2D eigenvalue weighted by Gasteiger charge is -2.11. The summed E-state index contributed by atoms with van der Waals surface area (Å²) in [5.41, 5.74) is -0.819. The summed E-state index contributed by atoms with van der Waals surface area (Å²) >= 11 is 9.07. The van der Waals surface area contributed by atoms with Crippen LogP contribution < -0.4 is 0 Å². The number of aromatic nitrogens is 3. The summed E-state index contributed by atoms with van der Waals surface area (Å²) < 4.78 is 65.1. The van der Waals surface area contributed by atoms with Gasteiger partial charge in [0.25, 0.3) is 0 Å². The molecule has 0 aromatic carbocycles. The zero-order valence-electron chi connectivity index (χ0n) is 11.8. The van der Waals surface area contributed by atoms with Crippen LogP contribution in [0.15, 0.2) is 21.8 Å². The molecule has 0 bridgehead atoms. The third-order valence-corrected chi connectivity index (χ3v) is 5.85. The Morgan fingerprint density at radius 2 is 2.00 bits per heavy atom. The minimum Gasteiger partial charge on any atom is -0.274 e. The molecule has 0 aliphatic heterocycles. The third-order valence-electron chi connectivity index (χ3n) is 3.08. The lowest BCUT2D eigenvalue weighted by Crippen LogP contribution is -2.14. The fourth-order valence-electron chi connectivity index (χ4n) is 1.91. The number of sulfone groups is 1. The normalized spacial score (nSPS) is 12.7. The van der Waals surface area contributed by atoms with Crippen LogP contribution in [0, 0.1) is 6.92 Å². The van der Waals surface area contributed by atoms with Gasteiger partial charge in [-0.25, -0.2) is 13.4 Å². The number of aryl methyl sites for hydroxylation is 1. The Bertz CT molecular complexity index is 865. The summed E-state index contributed by atoms with van der Waals surface area (Å²) in [4.78, 5) is 2.92. The number of alkyl halides is 3. The maximum Gasteiger partial charge on any atom is 0.436 e. The van der Waals surface area contributed by atoms with Crippen LogP contribution in [0.5, 0.6) is 0 Å². The van der Waals surface area contributed by atoms with Gasteiger partial charge in [0.05, 0.1) is 5.75 Å². The van der Waals surface area contributed by atoms with E-state index in [1.165, 1.54) is 13.2 Å². The number of hydrogen-bond donors (Lipinski definition) is 0. The van der Waals surface area contributed by atoms with Gasteiger partial charge in [-0.3, -0.25) is 4.68 Å². The van der Waals surface area contributed by atoms with E-state index in [-0.39, 0.29) is 10.7 Å². The van der Waals surface area contributed by atoms with Crippen molar-refractivity contribution in [3.63, 3.8) is 0 Å². The second-order valence-electron chi connectivity index (χ2n) is 4.77. The molecule has 0 amide bonds. The summed E-state index contributed by atoms with van der Waals surface area (Å²) in [7, 11) is -3.10. The molecule has 2 aromatic rings. The van der Waals surface area contributed by atoms with Crippen molar-refractivity contribution < 1.29 is 21.6 Å². The van der Waals surface area contributed by atoms with Gasteiger partial charge < -0.3 is 0 Å². The van der Waals surface area contributed by atoms with E-state index in [4.69, 9.17) is 11.6 Å². The van der Waals surface area contributed by atoms with Crippen molar-refractivity contribution in [3.05, 3.63) is 38.8 Å².